The highest BCUT2D eigenvalue weighted by atomic mass is 16.5. The third-order valence-electron chi connectivity index (χ3n) is 2.03. The third kappa shape index (κ3) is 1.52. The molecule has 4 nitrogen and oxygen atoms in total. The van der Waals surface area contributed by atoms with E-state index in [9.17, 15) is 0 Å². The van der Waals surface area contributed by atoms with Crippen LogP contribution in [0.1, 0.15) is 11.4 Å². The van der Waals surface area contributed by atoms with E-state index in [2.05, 4.69) is 10.1 Å². The first kappa shape index (κ1) is 8.90. The van der Waals surface area contributed by atoms with Gasteiger partial charge in [-0.15, -0.1) is 0 Å². The largest absolute Gasteiger partial charge is 0.334 e. The van der Waals surface area contributed by atoms with E-state index in [1.807, 2.05) is 31.2 Å². The van der Waals surface area contributed by atoms with Crippen LogP contribution < -0.4 is 5.73 Å². The van der Waals surface area contributed by atoms with E-state index < -0.39 is 0 Å². The van der Waals surface area contributed by atoms with Crippen LogP contribution in [0.15, 0.2) is 28.8 Å². The van der Waals surface area contributed by atoms with Crippen LogP contribution >= 0.6 is 0 Å². The maximum atomic E-state index is 5.39. The third-order valence-corrected chi connectivity index (χ3v) is 2.03. The average Bonchev–Trinajstić information content (AvgIpc) is 2.67. The Balaban J connectivity index is 2.44. The van der Waals surface area contributed by atoms with Gasteiger partial charge in [0.25, 0.3) is 5.89 Å². The molecule has 0 aliphatic heterocycles. The molecule has 0 saturated carbocycles. The van der Waals surface area contributed by atoms with E-state index in [0.717, 1.165) is 11.1 Å². The molecule has 14 heavy (non-hydrogen) atoms. The molecular weight excluding hydrogens is 178 g/mol. The minimum Gasteiger partial charge on any atom is -0.334 e. The smallest absolute Gasteiger partial charge is 0.258 e. The fourth-order valence-electron chi connectivity index (χ4n) is 1.26. The second-order valence-corrected chi connectivity index (χ2v) is 3.03. The molecule has 0 saturated heterocycles. The van der Waals surface area contributed by atoms with Crippen LogP contribution in [-0.2, 0) is 6.54 Å². The number of nitrogens with two attached hydrogens (primary N) is 1. The highest BCUT2D eigenvalue weighted by Gasteiger charge is 2.08. The van der Waals surface area contributed by atoms with E-state index in [4.69, 9.17) is 10.3 Å². The molecule has 0 unspecified atom stereocenters. The maximum Gasteiger partial charge on any atom is 0.258 e. The molecule has 72 valence electrons. The fraction of sp³-hybridized carbons (Fsp3) is 0.200. The summed E-state index contributed by atoms with van der Waals surface area (Å²) in [4.78, 5) is 4.16. The van der Waals surface area contributed by atoms with E-state index in [1.165, 1.54) is 0 Å². The first-order chi connectivity index (χ1) is 6.81. The minimum atomic E-state index is 0.301. The molecule has 2 aromatic rings. The van der Waals surface area contributed by atoms with E-state index >= 15 is 0 Å². The maximum absolute atomic E-state index is 5.39. The number of nitrogens with zero attached hydrogens (tertiary/aromatic N) is 2. The van der Waals surface area contributed by atoms with Crippen LogP contribution in [0.5, 0.6) is 0 Å². The van der Waals surface area contributed by atoms with Crippen molar-refractivity contribution >= 4 is 0 Å². The van der Waals surface area contributed by atoms with E-state index in [0.29, 0.717) is 18.3 Å². The minimum absolute atomic E-state index is 0.301. The van der Waals surface area contributed by atoms with Gasteiger partial charge in [0.05, 0.1) is 6.54 Å². The Morgan fingerprint density at radius 1 is 1.36 bits per heavy atom. The standard InChI is InChI=1S/C10H11N3O/c1-7-4-2-3-5-8(7)10-12-9(6-11)13-14-10/h2-5H,6,11H2,1H3. The number of aryl methyl sites for hydroxylation is 1. The molecule has 0 amide bonds. The van der Waals surface area contributed by atoms with Gasteiger partial charge in [-0.3, -0.25) is 0 Å². The monoisotopic (exact) mass is 189 g/mol. The van der Waals surface area contributed by atoms with Gasteiger partial charge in [0, 0.05) is 5.56 Å². The van der Waals surface area contributed by atoms with Crippen molar-refractivity contribution in [3.05, 3.63) is 35.7 Å². The Hall–Kier alpha value is -1.68. The lowest BCUT2D eigenvalue weighted by atomic mass is 10.1. The molecule has 0 aliphatic rings. The molecular formula is C10H11N3O. The Labute approximate surface area is 81.7 Å². The van der Waals surface area contributed by atoms with Gasteiger partial charge in [-0.2, -0.15) is 4.98 Å². The highest BCUT2D eigenvalue weighted by molar-refractivity contribution is 5.57. The van der Waals surface area contributed by atoms with Gasteiger partial charge in [0.2, 0.25) is 0 Å². The molecule has 0 aliphatic carbocycles. The van der Waals surface area contributed by atoms with Gasteiger partial charge in [0.15, 0.2) is 5.82 Å². The number of hydrogen-bond donors (Lipinski definition) is 1. The van der Waals surface area contributed by atoms with Crippen LogP contribution in [-0.4, -0.2) is 10.1 Å². The van der Waals surface area contributed by atoms with Crippen molar-refractivity contribution in [1.82, 2.24) is 10.1 Å². The molecule has 4 heteroatoms. The van der Waals surface area contributed by atoms with Crippen LogP contribution in [0.2, 0.25) is 0 Å². The first-order valence-electron chi connectivity index (χ1n) is 4.40. The summed E-state index contributed by atoms with van der Waals surface area (Å²) in [6.07, 6.45) is 0. The van der Waals surface area contributed by atoms with Crippen LogP contribution in [0.25, 0.3) is 11.5 Å². The fourth-order valence-corrected chi connectivity index (χ4v) is 1.26. The molecule has 1 aromatic carbocycles. The van der Waals surface area contributed by atoms with Crippen molar-refractivity contribution in [1.29, 1.82) is 0 Å². The normalized spacial score (nSPS) is 10.4. The summed E-state index contributed by atoms with van der Waals surface area (Å²) < 4.78 is 5.08. The van der Waals surface area contributed by atoms with Gasteiger partial charge < -0.3 is 10.3 Å². The zero-order chi connectivity index (χ0) is 9.97. The molecule has 1 aromatic heterocycles. The summed E-state index contributed by atoms with van der Waals surface area (Å²) in [5.74, 6) is 1.06. The van der Waals surface area contributed by atoms with E-state index in [1.54, 1.807) is 0 Å². The molecule has 1 heterocycles. The Morgan fingerprint density at radius 3 is 2.79 bits per heavy atom. The Morgan fingerprint density at radius 2 is 2.14 bits per heavy atom. The Bertz CT molecular complexity index is 436. The SMILES string of the molecule is Cc1ccccc1-c1nc(CN)no1. The van der Waals surface area contributed by atoms with Crippen LogP contribution in [0.3, 0.4) is 0 Å². The molecule has 0 bridgehead atoms. The Kier molecular flexibility index (Phi) is 2.28. The van der Waals surface area contributed by atoms with Crippen molar-refractivity contribution in [3.63, 3.8) is 0 Å². The summed E-state index contributed by atoms with van der Waals surface area (Å²) in [6, 6.07) is 7.86. The van der Waals surface area contributed by atoms with Crippen LogP contribution in [0.4, 0.5) is 0 Å². The lowest BCUT2D eigenvalue weighted by molar-refractivity contribution is 0.422. The number of benzene rings is 1. The summed E-state index contributed by atoms with van der Waals surface area (Å²) in [5, 5.41) is 3.74. The van der Waals surface area contributed by atoms with Gasteiger partial charge >= 0.3 is 0 Å². The average molecular weight is 189 g/mol. The van der Waals surface area contributed by atoms with Gasteiger partial charge in [-0.25, -0.2) is 0 Å². The number of aromatic nitrogens is 2. The summed E-state index contributed by atoms with van der Waals surface area (Å²) >= 11 is 0. The lowest BCUT2D eigenvalue weighted by Crippen LogP contribution is -1.97. The van der Waals surface area contributed by atoms with Crippen LogP contribution in [0, 0.1) is 6.92 Å². The summed E-state index contributed by atoms with van der Waals surface area (Å²) in [5.41, 5.74) is 7.46. The zero-order valence-corrected chi connectivity index (χ0v) is 7.90. The van der Waals surface area contributed by atoms with Crippen molar-refractivity contribution in [3.8, 4) is 11.5 Å². The second-order valence-electron chi connectivity index (χ2n) is 3.03. The predicted octanol–water partition coefficient (Wildman–Crippen LogP) is 1.50. The summed E-state index contributed by atoms with van der Waals surface area (Å²) in [7, 11) is 0. The van der Waals surface area contributed by atoms with Crippen molar-refractivity contribution in [2.45, 2.75) is 13.5 Å². The highest BCUT2D eigenvalue weighted by Crippen LogP contribution is 2.20. The molecule has 0 radical (unpaired) electrons. The molecule has 0 fully saturated rings. The quantitative estimate of drug-likeness (QED) is 0.777. The molecule has 2 rings (SSSR count). The van der Waals surface area contributed by atoms with Crippen molar-refractivity contribution < 1.29 is 4.52 Å². The van der Waals surface area contributed by atoms with Gasteiger partial charge in [0.1, 0.15) is 0 Å². The van der Waals surface area contributed by atoms with Gasteiger partial charge in [-0.05, 0) is 18.6 Å². The number of hydrogen-bond acceptors (Lipinski definition) is 4. The van der Waals surface area contributed by atoms with Gasteiger partial charge in [-0.1, -0.05) is 23.4 Å². The zero-order valence-electron chi connectivity index (χ0n) is 7.90. The van der Waals surface area contributed by atoms with Crippen molar-refractivity contribution in [2.75, 3.05) is 0 Å². The lowest BCUT2D eigenvalue weighted by Gasteiger charge is -1.97. The second kappa shape index (κ2) is 3.59. The topological polar surface area (TPSA) is 64.9 Å². The number of rotatable bonds is 2. The summed E-state index contributed by atoms with van der Waals surface area (Å²) in [6.45, 7) is 2.30. The molecule has 2 N–H and O–H groups in total. The van der Waals surface area contributed by atoms with Crippen molar-refractivity contribution in [2.24, 2.45) is 5.73 Å². The van der Waals surface area contributed by atoms with E-state index in [-0.39, 0.29) is 0 Å². The first-order valence-corrected chi connectivity index (χ1v) is 4.40. The predicted molar refractivity (Wildman–Crippen MR) is 52.4 cm³/mol. The molecule has 0 atom stereocenters. The molecule has 0 spiro atoms.